The summed E-state index contributed by atoms with van der Waals surface area (Å²) in [7, 11) is -3.43. The van der Waals surface area contributed by atoms with E-state index in [9.17, 15) is 13.5 Å². The van der Waals surface area contributed by atoms with Gasteiger partial charge in [0, 0.05) is 10.8 Å². The van der Waals surface area contributed by atoms with E-state index in [1.54, 1.807) is 24.3 Å². The minimum atomic E-state index is -3.43. The second-order valence-electron chi connectivity index (χ2n) is 5.38. The van der Waals surface area contributed by atoms with Gasteiger partial charge in [0.25, 0.3) is 0 Å². The van der Waals surface area contributed by atoms with E-state index in [1.165, 1.54) is 6.07 Å². The van der Waals surface area contributed by atoms with Crippen molar-refractivity contribution in [2.24, 2.45) is 10.2 Å². The molecule has 0 bridgehead atoms. The summed E-state index contributed by atoms with van der Waals surface area (Å²) in [6, 6.07) is 8.20. The number of fused-ring (bicyclic) bond motifs is 1. The molecule has 23 heavy (non-hydrogen) atoms. The molecule has 0 atom stereocenters. The van der Waals surface area contributed by atoms with Crippen LogP contribution in [0, 0.1) is 0 Å². The van der Waals surface area contributed by atoms with Crippen LogP contribution in [0.1, 0.15) is 26.2 Å². The molecule has 2 N–H and O–H groups in total. The molecular formula is C16H21N3O3S. The molecule has 0 aliphatic rings. The first-order valence-corrected chi connectivity index (χ1v) is 9.41. The van der Waals surface area contributed by atoms with Gasteiger partial charge in [-0.1, -0.05) is 31.9 Å². The molecule has 0 unspecified atom stereocenters. The number of phenolic OH excluding ortho intramolecular Hbond substituents is 1. The molecule has 2 aromatic carbocycles. The number of anilines is 1. The Bertz CT molecular complexity index is 817. The van der Waals surface area contributed by atoms with Gasteiger partial charge in [-0.15, -0.1) is 0 Å². The Morgan fingerprint density at radius 1 is 1.17 bits per heavy atom. The summed E-state index contributed by atoms with van der Waals surface area (Å²) < 4.78 is 25.6. The Labute approximate surface area is 136 Å². The van der Waals surface area contributed by atoms with Gasteiger partial charge in [-0.2, -0.15) is 10.2 Å². The van der Waals surface area contributed by atoms with Crippen molar-refractivity contribution in [3.05, 3.63) is 30.3 Å². The third kappa shape index (κ3) is 4.66. The topological polar surface area (TPSA) is 91.1 Å². The van der Waals surface area contributed by atoms with Crippen molar-refractivity contribution >= 4 is 32.2 Å². The van der Waals surface area contributed by atoms with E-state index in [0.29, 0.717) is 28.7 Å². The van der Waals surface area contributed by atoms with E-state index < -0.39 is 10.0 Å². The normalized spacial score (nSPS) is 12.1. The zero-order valence-electron chi connectivity index (χ0n) is 13.3. The lowest BCUT2D eigenvalue weighted by Crippen LogP contribution is -2.09. The van der Waals surface area contributed by atoms with Crippen molar-refractivity contribution in [1.29, 1.82) is 0 Å². The summed E-state index contributed by atoms with van der Waals surface area (Å²) in [4.78, 5) is 0. The van der Waals surface area contributed by atoms with Gasteiger partial charge in [0.1, 0.15) is 5.75 Å². The van der Waals surface area contributed by atoms with Gasteiger partial charge in [0.15, 0.2) is 0 Å². The molecular weight excluding hydrogens is 314 g/mol. The lowest BCUT2D eigenvalue weighted by atomic mass is 10.1. The van der Waals surface area contributed by atoms with Crippen molar-refractivity contribution in [2.45, 2.75) is 26.2 Å². The molecule has 0 spiro atoms. The van der Waals surface area contributed by atoms with Crippen LogP contribution >= 0.6 is 0 Å². The summed E-state index contributed by atoms with van der Waals surface area (Å²) in [5.74, 6) is 0.0714. The van der Waals surface area contributed by atoms with Crippen LogP contribution in [0.4, 0.5) is 11.4 Å². The number of nitrogens with one attached hydrogen (secondary N) is 1. The first-order valence-electron chi connectivity index (χ1n) is 7.52. The quantitative estimate of drug-likeness (QED) is 0.587. The average Bonchev–Trinajstić information content (AvgIpc) is 2.48. The highest BCUT2D eigenvalue weighted by molar-refractivity contribution is 7.92. The third-order valence-electron chi connectivity index (χ3n) is 3.33. The lowest BCUT2D eigenvalue weighted by Gasteiger charge is -2.11. The molecule has 0 saturated carbocycles. The molecule has 0 aliphatic carbocycles. The molecule has 0 radical (unpaired) electrons. The maximum Gasteiger partial charge on any atom is 0.229 e. The Morgan fingerprint density at radius 3 is 2.65 bits per heavy atom. The van der Waals surface area contributed by atoms with Gasteiger partial charge >= 0.3 is 0 Å². The highest BCUT2D eigenvalue weighted by Crippen LogP contribution is 2.38. The molecule has 6 nitrogen and oxygen atoms in total. The molecule has 7 heteroatoms. The van der Waals surface area contributed by atoms with Gasteiger partial charge in [-0.05, 0) is 24.6 Å². The fourth-order valence-electron chi connectivity index (χ4n) is 2.30. The summed E-state index contributed by atoms with van der Waals surface area (Å²) >= 11 is 0. The number of nitrogens with zero attached hydrogens (tertiary/aromatic N) is 2. The standard InChI is InChI=1S/C16H21N3O3S/c1-3-4-5-11-17-18-13-9-10-15(20)12-7-6-8-14(16(12)13)19-23(2,21)22/h6-10,19-20H,3-5,11H2,1-2H3/b18-17+. The van der Waals surface area contributed by atoms with E-state index >= 15 is 0 Å². The summed E-state index contributed by atoms with van der Waals surface area (Å²) in [5, 5.41) is 19.5. The van der Waals surface area contributed by atoms with Crippen LogP contribution in [0.15, 0.2) is 40.6 Å². The number of rotatable bonds is 7. The third-order valence-corrected chi connectivity index (χ3v) is 3.92. The maximum atomic E-state index is 11.5. The summed E-state index contributed by atoms with van der Waals surface area (Å²) in [5.41, 5.74) is 0.907. The fraction of sp³-hybridized carbons (Fsp3) is 0.375. The number of azo groups is 1. The van der Waals surface area contributed by atoms with Crippen LogP contribution in [0.5, 0.6) is 5.75 Å². The highest BCUT2D eigenvalue weighted by Gasteiger charge is 2.12. The van der Waals surface area contributed by atoms with E-state index in [4.69, 9.17) is 0 Å². The van der Waals surface area contributed by atoms with Crippen LogP contribution in [0.3, 0.4) is 0 Å². The van der Waals surface area contributed by atoms with Crippen molar-refractivity contribution in [3.8, 4) is 5.75 Å². The Morgan fingerprint density at radius 2 is 1.96 bits per heavy atom. The second kappa shape index (κ2) is 7.41. The van der Waals surface area contributed by atoms with E-state index in [2.05, 4.69) is 21.9 Å². The fourth-order valence-corrected chi connectivity index (χ4v) is 2.87. The number of hydrogen-bond acceptors (Lipinski definition) is 5. The molecule has 0 aliphatic heterocycles. The van der Waals surface area contributed by atoms with Gasteiger partial charge in [-0.25, -0.2) is 8.42 Å². The summed E-state index contributed by atoms with van der Waals surface area (Å²) in [6.45, 7) is 2.74. The van der Waals surface area contributed by atoms with Crippen LogP contribution in [0.2, 0.25) is 0 Å². The zero-order valence-corrected chi connectivity index (χ0v) is 14.1. The van der Waals surface area contributed by atoms with E-state index in [-0.39, 0.29) is 5.75 Å². The van der Waals surface area contributed by atoms with Crippen LogP contribution in [-0.2, 0) is 10.0 Å². The van der Waals surface area contributed by atoms with E-state index in [0.717, 1.165) is 25.5 Å². The second-order valence-corrected chi connectivity index (χ2v) is 7.13. The Hall–Kier alpha value is -2.15. The summed E-state index contributed by atoms with van der Waals surface area (Å²) in [6.07, 6.45) is 4.25. The number of benzene rings is 2. The molecule has 0 amide bonds. The number of hydrogen-bond donors (Lipinski definition) is 2. The highest BCUT2D eigenvalue weighted by atomic mass is 32.2. The predicted octanol–water partition coefficient (Wildman–Crippen LogP) is 4.19. The van der Waals surface area contributed by atoms with Gasteiger partial charge in [0.2, 0.25) is 10.0 Å². The maximum absolute atomic E-state index is 11.5. The number of aromatic hydroxyl groups is 1. The first-order chi connectivity index (χ1) is 10.9. The minimum absolute atomic E-state index is 0.0714. The number of unbranched alkanes of at least 4 members (excludes halogenated alkanes) is 2. The monoisotopic (exact) mass is 335 g/mol. The largest absolute Gasteiger partial charge is 0.507 e. The molecule has 2 rings (SSSR count). The van der Waals surface area contributed by atoms with Gasteiger partial charge in [-0.3, -0.25) is 4.72 Å². The predicted molar refractivity (Wildman–Crippen MR) is 93.0 cm³/mol. The van der Waals surface area contributed by atoms with Crippen molar-refractivity contribution in [2.75, 3.05) is 17.5 Å². The van der Waals surface area contributed by atoms with Crippen LogP contribution < -0.4 is 4.72 Å². The minimum Gasteiger partial charge on any atom is -0.507 e. The van der Waals surface area contributed by atoms with Gasteiger partial charge < -0.3 is 5.11 Å². The van der Waals surface area contributed by atoms with Crippen molar-refractivity contribution in [3.63, 3.8) is 0 Å². The lowest BCUT2D eigenvalue weighted by molar-refractivity contribution is 0.481. The Kier molecular flexibility index (Phi) is 5.54. The SMILES string of the molecule is CCCCC/N=N/c1ccc(O)c2cccc(NS(C)(=O)=O)c12. The Balaban J connectivity index is 2.46. The van der Waals surface area contributed by atoms with Gasteiger partial charge in [0.05, 0.1) is 24.2 Å². The van der Waals surface area contributed by atoms with Crippen LogP contribution in [-0.4, -0.2) is 26.3 Å². The molecule has 0 heterocycles. The number of sulfonamides is 1. The molecule has 0 aromatic heterocycles. The van der Waals surface area contributed by atoms with E-state index in [1.807, 2.05) is 0 Å². The van der Waals surface area contributed by atoms with Crippen molar-refractivity contribution in [1.82, 2.24) is 0 Å². The average molecular weight is 335 g/mol. The smallest absolute Gasteiger partial charge is 0.229 e. The molecule has 0 saturated heterocycles. The first kappa shape index (κ1) is 17.2. The van der Waals surface area contributed by atoms with Crippen LogP contribution in [0.25, 0.3) is 10.8 Å². The molecule has 0 fully saturated rings. The molecule has 124 valence electrons. The zero-order chi connectivity index (χ0) is 16.9. The molecule has 2 aromatic rings. The number of phenols is 1. The van der Waals surface area contributed by atoms with Crippen molar-refractivity contribution < 1.29 is 13.5 Å².